The van der Waals surface area contributed by atoms with Crippen LogP contribution >= 0.6 is 0 Å². The molecule has 0 fully saturated rings. The molecule has 0 saturated heterocycles. The summed E-state index contributed by atoms with van der Waals surface area (Å²) in [6, 6.07) is 56.9. The van der Waals surface area contributed by atoms with Crippen molar-refractivity contribution in [1.82, 2.24) is 9.97 Å². The van der Waals surface area contributed by atoms with Gasteiger partial charge in [0, 0.05) is 28.2 Å². The molecule has 2 aromatic heterocycles. The van der Waals surface area contributed by atoms with Gasteiger partial charge in [-0.1, -0.05) is 128 Å². The van der Waals surface area contributed by atoms with Gasteiger partial charge in [0.05, 0.1) is 11.1 Å². The number of hydrogen-bond acceptors (Lipinski definition) is 5. The second-order valence-electron chi connectivity index (χ2n) is 13.8. The second kappa shape index (κ2) is 11.8. The standard InChI is InChI=1S/C46H33N3O2Si/c1-52(2)37-24-14-12-22-35(37)49(36-23-13-15-25-38(36)52)34-28-26-31(27-29-34)40-42-43(50-46(48-42)33-20-10-5-11-21-33)39(30-16-6-3-7-17-30)41-44(40)51-45(47-41)32-18-8-4-9-19-32/h3-29H,1-2H3. The van der Waals surface area contributed by atoms with Crippen LogP contribution in [0.3, 0.4) is 0 Å². The molecule has 0 saturated carbocycles. The maximum Gasteiger partial charge on any atom is 0.227 e. The molecule has 3 heterocycles. The number of aromatic nitrogens is 2. The molecule has 7 aromatic carbocycles. The zero-order valence-corrected chi connectivity index (χ0v) is 29.7. The minimum Gasteiger partial charge on any atom is -0.435 e. The van der Waals surface area contributed by atoms with Crippen molar-refractivity contribution in [3.05, 3.63) is 164 Å². The van der Waals surface area contributed by atoms with E-state index >= 15 is 0 Å². The molecule has 0 unspecified atom stereocenters. The highest BCUT2D eigenvalue weighted by Gasteiger charge is 2.38. The van der Waals surface area contributed by atoms with Crippen LogP contribution in [0.15, 0.2) is 173 Å². The van der Waals surface area contributed by atoms with Crippen LogP contribution in [-0.4, -0.2) is 18.0 Å². The van der Waals surface area contributed by atoms with Gasteiger partial charge in [-0.05, 0) is 70.0 Å². The van der Waals surface area contributed by atoms with Gasteiger partial charge in [-0.2, -0.15) is 0 Å². The molecule has 248 valence electrons. The van der Waals surface area contributed by atoms with Gasteiger partial charge in [0.1, 0.15) is 19.1 Å². The predicted molar refractivity (Wildman–Crippen MR) is 215 cm³/mol. The number of oxazole rings is 2. The number of hydrogen-bond donors (Lipinski definition) is 0. The zero-order valence-electron chi connectivity index (χ0n) is 28.7. The first-order chi connectivity index (χ1) is 25.6. The summed E-state index contributed by atoms with van der Waals surface area (Å²) in [6.07, 6.45) is 0. The van der Waals surface area contributed by atoms with Gasteiger partial charge in [-0.25, -0.2) is 9.97 Å². The Balaban J connectivity index is 1.22. The summed E-state index contributed by atoms with van der Waals surface area (Å²) in [6.45, 7) is 4.90. The number of nitrogens with zero attached hydrogens (tertiary/aromatic N) is 3. The van der Waals surface area contributed by atoms with Crippen LogP contribution in [0.25, 0.3) is 67.4 Å². The number of rotatable bonds is 5. The number of benzene rings is 7. The van der Waals surface area contributed by atoms with Crippen LogP contribution in [0.1, 0.15) is 0 Å². The average molecular weight is 688 g/mol. The molecule has 1 aliphatic heterocycles. The maximum absolute atomic E-state index is 6.79. The molecule has 0 N–H and O–H groups in total. The van der Waals surface area contributed by atoms with E-state index in [9.17, 15) is 0 Å². The van der Waals surface area contributed by atoms with Crippen molar-refractivity contribution >= 4 is 57.7 Å². The largest absolute Gasteiger partial charge is 0.435 e. The first-order valence-corrected chi connectivity index (χ1v) is 20.6. The fourth-order valence-corrected chi connectivity index (χ4v) is 10.8. The SMILES string of the molecule is C[Si]1(C)c2ccccc2N(c2ccc(-c3c4nc(-c5ccccc5)oc4c(-c4ccccc4)c4nc(-c5ccccc5)oc34)cc2)c2ccccc21. The molecule has 10 rings (SSSR count). The highest BCUT2D eigenvalue weighted by Crippen LogP contribution is 2.47. The lowest BCUT2D eigenvalue weighted by Gasteiger charge is -2.41. The van der Waals surface area contributed by atoms with E-state index < -0.39 is 8.07 Å². The van der Waals surface area contributed by atoms with Crippen molar-refractivity contribution in [1.29, 1.82) is 0 Å². The van der Waals surface area contributed by atoms with Gasteiger partial charge in [0.25, 0.3) is 0 Å². The van der Waals surface area contributed by atoms with Gasteiger partial charge in [-0.15, -0.1) is 0 Å². The monoisotopic (exact) mass is 687 g/mol. The average Bonchev–Trinajstić information content (AvgIpc) is 3.84. The molecule has 1 aliphatic rings. The van der Waals surface area contributed by atoms with E-state index in [4.69, 9.17) is 18.8 Å². The maximum atomic E-state index is 6.79. The third-order valence-corrected chi connectivity index (χ3v) is 13.9. The second-order valence-corrected chi connectivity index (χ2v) is 18.1. The van der Waals surface area contributed by atoms with Crippen molar-refractivity contribution in [2.24, 2.45) is 0 Å². The lowest BCUT2D eigenvalue weighted by atomic mass is 9.96. The molecule has 0 atom stereocenters. The Hall–Kier alpha value is -6.50. The summed E-state index contributed by atoms with van der Waals surface area (Å²) in [5, 5.41) is 2.87. The van der Waals surface area contributed by atoms with E-state index in [2.05, 4.69) is 103 Å². The van der Waals surface area contributed by atoms with Crippen molar-refractivity contribution < 1.29 is 8.83 Å². The molecule has 0 bridgehead atoms. The number of fused-ring (bicyclic) bond motifs is 4. The molecule has 52 heavy (non-hydrogen) atoms. The minimum atomic E-state index is -1.90. The number of para-hydroxylation sites is 2. The third kappa shape index (κ3) is 4.68. The third-order valence-electron chi connectivity index (χ3n) is 10.3. The zero-order chi connectivity index (χ0) is 34.8. The van der Waals surface area contributed by atoms with E-state index in [-0.39, 0.29) is 0 Å². The van der Waals surface area contributed by atoms with Crippen LogP contribution in [-0.2, 0) is 0 Å². The van der Waals surface area contributed by atoms with Gasteiger partial charge in [0.2, 0.25) is 11.8 Å². The van der Waals surface area contributed by atoms with Gasteiger partial charge < -0.3 is 13.7 Å². The minimum absolute atomic E-state index is 0.551. The molecule has 0 radical (unpaired) electrons. The molecule has 0 aliphatic carbocycles. The molecule has 0 amide bonds. The van der Waals surface area contributed by atoms with Crippen LogP contribution in [0, 0.1) is 0 Å². The summed E-state index contributed by atoms with van der Waals surface area (Å²) >= 11 is 0. The fraction of sp³-hybridized carbons (Fsp3) is 0.0435. The Morgan fingerprint density at radius 3 is 1.27 bits per heavy atom. The summed E-state index contributed by atoms with van der Waals surface area (Å²) in [5.74, 6) is 1.10. The summed E-state index contributed by atoms with van der Waals surface area (Å²) in [4.78, 5) is 12.8. The van der Waals surface area contributed by atoms with Crippen molar-refractivity contribution in [3.63, 3.8) is 0 Å². The highest BCUT2D eigenvalue weighted by atomic mass is 28.3. The van der Waals surface area contributed by atoms with E-state index in [0.29, 0.717) is 22.9 Å². The molecule has 6 heteroatoms. The molecular formula is C46H33N3O2Si. The molecule has 5 nitrogen and oxygen atoms in total. The Bertz CT molecular complexity index is 2610. The van der Waals surface area contributed by atoms with E-state index in [1.165, 1.54) is 21.7 Å². The quantitative estimate of drug-likeness (QED) is 0.169. The predicted octanol–water partition coefficient (Wildman–Crippen LogP) is 11.2. The number of anilines is 3. The van der Waals surface area contributed by atoms with E-state index in [1.807, 2.05) is 78.9 Å². The topological polar surface area (TPSA) is 55.3 Å². The summed E-state index contributed by atoms with van der Waals surface area (Å²) in [5.41, 5.74) is 11.9. The Labute approximate surface area is 302 Å². The lowest BCUT2D eigenvalue weighted by Crippen LogP contribution is -2.58. The normalized spacial score (nSPS) is 13.3. The van der Waals surface area contributed by atoms with Crippen molar-refractivity contribution in [3.8, 4) is 45.2 Å². The first-order valence-electron chi connectivity index (χ1n) is 17.6. The van der Waals surface area contributed by atoms with Crippen molar-refractivity contribution in [2.75, 3.05) is 4.90 Å². The molecule has 0 spiro atoms. The van der Waals surface area contributed by atoms with E-state index in [1.54, 1.807) is 0 Å². The summed E-state index contributed by atoms with van der Waals surface area (Å²) in [7, 11) is -1.90. The van der Waals surface area contributed by atoms with E-state index in [0.717, 1.165) is 50.1 Å². The Morgan fingerprint density at radius 2 is 0.808 bits per heavy atom. The Morgan fingerprint density at radius 1 is 0.423 bits per heavy atom. The Kier molecular flexibility index (Phi) is 6.88. The van der Waals surface area contributed by atoms with Gasteiger partial charge in [0.15, 0.2) is 11.2 Å². The first kappa shape index (κ1) is 30.3. The van der Waals surface area contributed by atoms with Crippen molar-refractivity contribution in [2.45, 2.75) is 13.1 Å². The van der Waals surface area contributed by atoms with Crippen LogP contribution in [0.5, 0.6) is 0 Å². The summed E-state index contributed by atoms with van der Waals surface area (Å²) < 4.78 is 13.5. The molecule has 9 aromatic rings. The van der Waals surface area contributed by atoms with Crippen LogP contribution in [0.4, 0.5) is 17.1 Å². The highest BCUT2D eigenvalue weighted by molar-refractivity contribution is 7.02. The lowest BCUT2D eigenvalue weighted by molar-refractivity contribution is 0.619. The fourth-order valence-electron chi connectivity index (χ4n) is 7.81. The van der Waals surface area contributed by atoms with Crippen LogP contribution in [0.2, 0.25) is 13.1 Å². The van der Waals surface area contributed by atoms with Gasteiger partial charge in [-0.3, -0.25) is 0 Å². The van der Waals surface area contributed by atoms with Crippen LogP contribution < -0.4 is 15.3 Å². The smallest absolute Gasteiger partial charge is 0.227 e. The van der Waals surface area contributed by atoms with Gasteiger partial charge >= 0.3 is 0 Å². The molecular weight excluding hydrogens is 655 g/mol.